The molecule has 0 aromatic rings. The van der Waals surface area contributed by atoms with Crippen molar-refractivity contribution in [2.75, 3.05) is 6.54 Å². The fraction of sp³-hybridized carbons (Fsp3) is 1.00. The first kappa shape index (κ1) is 13.6. The van der Waals surface area contributed by atoms with Crippen molar-refractivity contribution >= 4 is 0 Å². The molecule has 0 radical (unpaired) electrons. The molecule has 1 saturated heterocycles. The third-order valence-corrected chi connectivity index (χ3v) is 2.90. The van der Waals surface area contributed by atoms with Gasteiger partial charge in [-0.25, -0.2) is 0 Å². The molecule has 96 valence electrons. The Balaban J connectivity index is 2.99. The minimum Gasteiger partial charge on any atom is -0.326 e. The number of nitrogens with zero attached hydrogens (tertiary/aromatic N) is 1. The molecule has 2 atom stereocenters. The molecule has 16 heavy (non-hydrogen) atoms. The van der Waals surface area contributed by atoms with Crippen LogP contribution in [-0.2, 0) is 0 Å². The monoisotopic (exact) mass is 246 g/mol. The van der Waals surface area contributed by atoms with Gasteiger partial charge in [0.15, 0.2) is 0 Å². The van der Waals surface area contributed by atoms with Crippen LogP contribution in [0.5, 0.6) is 0 Å². The number of likely N-dealkylation sites (tertiary alicyclic amines) is 1. The number of nitrogens with two attached hydrogens (primary N) is 1. The minimum atomic E-state index is -5.55. The standard InChI is InChI=1S/C9H15F5N2/c1-5(2)16-4-3-6(15)7(16)8(10,11)9(12,13)14/h5-7H,3-4,15H2,1-2H3/t6-,7-/m1/s1. The van der Waals surface area contributed by atoms with Gasteiger partial charge in [0.2, 0.25) is 0 Å². The Kier molecular flexibility index (Phi) is 3.50. The van der Waals surface area contributed by atoms with Crippen molar-refractivity contribution in [2.45, 2.75) is 50.5 Å². The zero-order valence-corrected chi connectivity index (χ0v) is 9.06. The van der Waals surface area contributed by atoms with Crippen LogP contribution in [-0.4, -0.2) is 41.7 Å². The molecule has 1 aliphatic rings. The van der Waals surface area contributed by atoms with E-state index in [-0.39, 0.29) is 19.0 Å². The summed E-state index contributed by atoms with van der Waals surface area (Å²) in [5, 5.41) is 0. The van der Waals surface area contributed by atoms with Crippen LogP contribution in [0.25, 0.3) is 0 Å². The van der Waals surface area contributed by atoms with E-state index in [1.165, 1.54) is 0 Å². The summed E-state index contributed by atoms with van der Waals surface area (Å²) in [5.74, 6) is -4.76. The van der Waals surface area contributed by atoms with Gasteiger partial charge >= 0.3 is 12.1 Å². The van der Waals surface area contributed by atoms with Gasteiger partial charge in [0.05, 0.1) is 6.04 Å². The van der Waals surface area contributed by atoms with Crippen LogP contribution >= 0.6 is 0 Å². The second-order valence-corrected chi connectivity index (χ2v) is 4.35. The van der Waals surface area contributed by atoms with Crippen LogP contribution in [0, 0.1) is 0 Å². The zero-order chi connectivity index (χ0) is 12.7. The predicted octanol–water partition coefficient (Wildman–Crippen LogP) is 1.99. The summed E-state index contributed by atoms with van der Waals surface area (Å²) in [5.41, 5.74) is 5.37. The van der Waals surface area contributed by atoms with Crippen molar-refractivity contribution in [1.29, 1.82) is 0 Å². The molecule has 0 saturated carbocycles. The highest BCUT2D eigenvalue weighted by Gasteiger charge is 2.66. The second-order valence-electron chi connectivity index (χ2n) is 4.35. The lowest BCUT2D eigenvalue weighted by Crippen LogP contribution is -2.59. The Hall–Kier alpha value is -0.430. The van der Waals surface area contributed by atoms with Crippen LogP contribution in [0.3, 0.4) is 0 Å². The third-order valence-electron chi connectivity index (χ3n) is 2.90. The van der Waals surface area contributed by atoms with Gasteiger partial charge in [-0.15, -0.1) is 0 Å². The molecule has 1 rings (SSSR count). The van der Waals surface area contributed by atoms with Crippen molar-refractivity contribution in [3.63, 3.8) is 0 Å². The highest BCUT2D eigenvalue weighted by molar-refractivity contribution is 5.02. The SMILES string of the molecule is CC(C)N1CC[C@@H](N)[C@@H]1C(F)(F)C(F)(F)F. The molecule has 0 amide bonds. The van der Waals surface area contributed by atoms with Crippen molar-refractivity contribution in [1.82, 2.24) is 4.90 Å². The molecular weight excluding hydrogens is 231 g/mol. The first-order valence-electron chi connectivity index (χ1n) is 5.05. The average molecular weight is 246 g/mol. The van der Waals surface area contributed by atoms with Crippen LogP contribution in [0.15, 0.2) is 0 Å². The lowest BCUT2D eigenvalue weighted by molar-refractivity contribution is -0.303. The van der Waals surface area contributed by atoms with Gasteiger partial charge in [-0.3, -0.25) is 4.90 Å². The molecule has 1 heterocycles. The van der Waals surface area contributed by atoms with Gasteiger partial charge in [-0.1, -0.05) is 0 Å². The fourth-order valence-corrected chi connectivity index (χ4v) is 2.07. The van der Waals surface area contributed by atoms with Crippen LogP contribution in [0.4, 0.5) is 22.0 Å². The normalized spacial score (nSPS) is 29.1. The fourth-order valence-electron chi connectivity index (χ4n) is 2.07. The quantitative estimate of drug-likeness (QED) is 0.755. The van der Waals surface area contributed by atoms with Crippen molar-refractivity contribution < 1.29 is 22.0 Å². The molecule has 0 aromatic carbocycles. The van der Waals surface area contributed by atoms with E-state index in [0.29, 0.717) is 0 Å². The highest BCUT2D eigenvalue weighted by Crippen LogP contribution is 2.43. The van der Waals surface area contributed by atoms with E-state index in [9.17, 15) is 22.0 Å². The van der Waals surface area contributed by atoms with E-state index in [1.54, 1.807) is 13.8 Å². The number of alkyl halides is 5. The molecule has 1 aliphatic heterocycles. The predicted molar refractivity (Wildman–Crippen MR) is 49.2 cm³/mol. The number of hydrogen-bond donors (Lipinski definition) is 1. The third kappa shape index (κ3) is 2.15. The maximum absolute atomic E-state index is 13.2. The van der Waals surface area contributed by atoms with Crippen molar-refractivity contribution in [2.24, 2.45) is 5.73 Å². The molecule has 0 aromatic heterocycles. The summed E-state index contributed by atoms with van der Waals surface area (Å²) in [4.78, 5) is 1.12. The van der Waals surface area contributed by atoms with Gasteiger partial charge in [0.25, 0.3) is 0 Å². The molecule has 0 aliphatic carbocycles. The van der Waals surface area contributed by atoms with E-state index in [2.05, 4.69) is 0 Å². The lowest BCUT2D eigenvalue weighted by Gasteiger charge is -2.36. The maximum Gasteiger partial charge on any atom is 0.455 e. The summed E-state index contributed by atoms with van der Waals surface area (Å²) >= 11 is 0. The number of rotatable bonds is 2. The Morgan fingerprint density at radius 2 is 1.69 bits per heavy atom. The van der Waals surface area contributed by atoms with Gasteiger partial charge in [0, 0.05) is 18.6 Å². The zero-order valence-electron chi connectivity index (χ0n) is 9.06. The van der Waals surface area contributed by atoms with Gasteiger partial charge in [-0.2, -0.15) is 22.0 Å². The van der Waals surface area contributed by atoms with E-state index in [4.69, 9.17) is 5.73 Å². The average Bonchev–Trinajstić information content (AvgIpc) is 2.45. The largest absolute Gasteiger partial charge is 0.455 e. The maximum atomic E-state index is 13.2. The molecule has 0 unspecified atom stereocenters. The van der Waals surface area contributed by atoms with E-state index in [1.807, 2.05) is 0 Å². The molecular formula is C9H15F5N2. The van der Waals surface area contributed by atoms with E-state index in [0.717, 1.165) is 4.90 Å². The van der Waals surface area contributed by atoms with E-state index < -0.39 is 24.2 Å². The van der Waals surface area contributed by atoms with Gasteiger partial charge < -0.3 is 5.73 Å². The van der Waals surface area contributed by atoms with Crippen LogP contribution in [0.1, 0.15) is 20.3 Å². The highest BCUT2D eigenvalue weighted by atomic mass is 19.4. The summed E-state index contributed by atoms with van der Waals surface area (Å²) in [6.45, 7) is 3.34. The van der Waals surface area contributed by atoms with Crippen LogP contribution < -0.4 is 5.73 Å². The summed E-state index contributed by atoms with van der Waals surface area (Å²) in [6, 6.07) is -3.47. The Morgan fingerprint density at radius 1 is 1.19 bits per heavy atom. The summed E-state index contributed by atoms with van der Waals surface area (Å²) < 4.78 is 63.3. The molecule has 0 bridgehead atoms. The lowest BCUT2D eigenvalue weighted by atomic mass is 10.0. The number of hydrogen-bond acceptors (Lipinski definition) is 2. The van der Waals surface area contributed by atoms with Gasteiger partial charge in [-0.05, 0) is 20.3 Å². The summed E-state index contributed by atoms with van der Waals surface area (Å²) in [7, 11) is 0. The smallest absolute Gasteiger partial charge is 0.326 e. The first-order chi connectivity index (χ1) is 7.09. The topological polar surface area (TPSA) is 29.3 Å². The van der Waals surface area contributed by atoms with Crippen molar-refractivity contribution in [3.8, 4) is 0 Å². The molecule has 1 fully saturated rings. The Morgan fingerprint density at radius 3 is 2.06 bits per heavy atom. The molecule has 2 N–H and O–H groups in total. The van der Waals surface area contributed by atoms with Gasteiger partial charge in [0.1, 0.15) is 0 Å². The Bertz CT molecular complexity index is 251. The molecule has 7 heteroatoms. The van der Waals surface area contributed by atoms with Crippen molar-refractivity contribution in [3.05, 3.63) is 0 Å². The molecule has 0 spiro atoms. The second kappa shape index (κ2) is 4.10. The molecule has 2 nitrogen and oxygen atoms in total. The summed E-state index contributed by atoms with van der Waals surface area (Å²) in [6.07, 6.45) is -5.39. The van der Waals surface area contributed by atoms with E-state index >= 15 is 0 Å². The van der Waals surface area contributed by atoms with Crippen LogP contribution in [0.2, 0.25) is 0 Å². The first-order valence-corrected chi connectivity index (χ1v) is 5.05. The Labute approximate surface area is 90.6 Å². The minimum absolute atomic E-state index is 0.161. The number of halogens is 5.